The number of rotatable bonds is 1. The Morgan fingerprint density at radius 3 is 2.58 bits per heavy atom. The molecule has 0 saturated carbocycles. The summed E-state index contributed by atoms with van der Waals surface area (Å²) in [5.74, 6) is 0.756. The van der Waals surface area contributed by atoms with Gasteiger partial charge in [0.15, 0.2) is 11.5 Å². The fraction of sp³-hybridized carbons (Fsp3) is 0.444. The van der Waals surface area contributed by atoms with Crippen molar-refractivity contribution in [3.63, 3.8) is 0 Å². The van der Waals surface area contributed by atoms with Gasteiger partial charge < -0.3 is 19.8 Å². The molecule has 24 heavy (non-hydrogen) atoms. The van der Waals surface area contributed by atoms with Gasteiger partial charge in [-0.05, 0) is 51.8 Å². The summed E-state index contributed by atoms with van der Waals surface area (Å²) < 4.78 is 11.5. The van der Waals surface area contributed by atoms with Crippen LogP contribution in [-0.4, -0.2) is 29.6 Å². The van der Waals surface area contributed by atoms with Gasteiger partial charge in [-0.25, -0.2) is 0 Å². The van der Waals surface area contributed by atoms with Crippen LogP contribution < -0.4 is 20.3 Å². The molecular formula is C18H22N2O4. The zero-order chi connectivity index (χ0) is 17.3. The first-order valence-corrected chi connectivity index (χ1v) is 8.13. The second-order valence-corrected chi connectivity index (χ2v) is 6.98. The van der Waals surface area contributed by atoms with Crippen LogP contribution in [0.1, 0.15) is 44.0 Å². The van der Waals surface area contributed by atoms with Crippen molar-refractivity contribution in [2.45, 2.75) is 39.2 Å². The van der Waals surface area contributed by atoms with Crippen molar-refractivity contribution in [1.82, 2.24) is 10.3 Å². The third-order valence-corrected chi connectivity index (χ3v) is 3.71. The van der Waals surface area contributed by atoms with E-state index in [0.29, 0.717) is 30.2 Å². The van der Waals surface area contributed by atoms with Crippen LogP contribution in [0, 0.1) is 0 Å². The van der Waals surface area contributed by atoms with Crippen LogP contribution in [-0.2, 0) is 0 Å². The number of aromatic nitrogens is 1. The maximum Gasteiger partial charge on any atom is 0.261 e. The molecule has 1 amide bonds. The van der Waals surface area contributed by atoms with Gasteiger partial charge in [-0.3, -0.25) is 9.59 Å². The summed E-state index contributed by atoms with van der Waals surface area (Å²) in [7, 11) is 0. The zero-order valence-electron chi connectivity index (χ0n) is 14.2. The van der Waals surface area contributed by atoms with E-state index in [1.54, 1.807) is 6.07 Å². The lowest BCUT2D eigenvalue weighted by atomic mass is 10.1. The van der Waals surface area contributed by atoms with E-state index in [-0.39, 0.29) is 5.56 Å². The van der Waals surface area contributed by atoms with Crippen molar-refractivity contribution in [2.24, 2.45) is 0 Å². The number of carbonyl (C=O) groups is 1. The molecule has 1 aromatic carbocycles. The number of carbonyl (C=O) groups excluding carboxylic acids is 1. The molecule has 2 heterocycles. The lowest BCUT2D eigenvalue weighted by Crippen LogP contribution is -2.42. The van der Waals surface area contributed by atoms with Gasteiger partial charge in [0.1, 0.15) is 5.56 Å². The van der Waals surface area contributed by atoms with Crippen LogP contribution in [0.15, 0.2) is 23.0 Å². The fourth-order valence-corrected chi connectivity index (χ4v) is 2.62. The number of amides is 1. The molecule has 1 aliphatic rings. The zero-order valence-corrected chi connectivity index (χ0v) is 14.2. The van der Waals surface area contributed by atoms with E-state index in [2.05, 4.69) is 10.3 Å². The Morgan fingerprint density at radius 1 is 1.17 bits per heavy atom. The van der Waals surface area contributed by atoms with Crippen molar-refractivity contribution in [3.05, 3.63) is 34.1 Å². The standard InChI is InChI=1S/C18H22N2O4/c1-18(2,3)20-17(22)12-10-11-6-7-13-15(14(11)19-16(12)21)24-9-5-4-8-23-13/h6-7,10H,4-5,8-9H2,1-3H3,(H,19,21)(H,20,22). The van der Waals surface area contributed by atoms with Gasteiger partial charge in [-0.15, -0.1) is 0 Å². The Hall–Kier alpha value is -2.50. The van der Waals surface area contributed by atoms with Gasteiger partial charge >= 0.3 is 0 Å². The quantitative estimate of drug-likeness (QED) is 0.842. The van der Waals surface area contributed by atoms with Crippen LogP contribution in [0.25, 0.3) is 10.9 Å². The summed E-state index contributed by atoms with van der Waals surface area (Å²) >= 11 is 0. The highest BCUT2D eigenvalue weighted by Gasteiger charge is 2.20. The van der Waals surface area contributed by atoms with Gasteiger partial charge in [0.05, 0.1) is 18.7 Å². The van der Waals surface area contributed by atoms with E-state index in [1.165, 1.54) is 0 Å². The first-order valence-electron chi connectivity index (χ1n) is 8.13. The van der Waals surface area contributed by atoms with E-state index in [1.807, 2.05) is 32.9 Å². The average molecular weight is 330 g/mol. The van der Waals surface area contributed by atoms with Gasteiger partial charge in [-0.2, -0.15) is 0 Å². The monoisotopic (exact) mass is 330 g/mol. The topological polar surface area (TPSA) is 80.4 Å². The summed E-state index contributed by atoms with van der Waals surface area (Å²) in [5.41, 5.74) is -0.208. The molecule has 0 spiro atoms. The lowest BCUT2D eigenvalue weighted by molar-refractivity contribution is 0.0918. The fourth-order valence-electron chi connectivity index (χ4n) is 2.62. The minimum absolute atomic E-state index is 0.0872. The smallest absolute Gasteiger partial charge is 0.261 e. The average Bonchev–Trinajstić information content (AvgIpc) is 2.45. The molecule has 6 nitrogen and oxygen atoms in total. The van der Waals surface area contributed by atoms with E-state index in [4.69, 9.17) is 9.47 Å². The number of benzene rings is 1. The van der Waals surface area contributed by atoms with E-state index in [9.17, 15) is 9.59 Å². The van der Waals surface area contributed by atoms with Crippen LogP contribution >= 0.6 is 0 Å². The number of hydrogen-bond acceptors (Lipinski definition) is 4. The molecule has 0 bridgehead atoms. The molecule has 2 aromatic rings. The number of ether oxygens (including phenoxy) is 2. The van der Waals surface area contributed by atoms with E-state index in [0.717, 1.165) is 18.2 Å². The molecule has 0 saturated heterocycles. The van der Waals surface area contributed by atoms with Gasteiger partial charge in [-0.1, -0.05) is 0 Å². The number of nitrogens with one attached hydrogen (secondary N) is 2. The van der Waals surface area contributed by atoms with Gasteiger partial charge in [0.2, 0.25) is 0 Å². The van der Waals surface area contributed by atoms with Crippen LogP contribution in [0.4, 0.5) is 0 Å². The number of aromatic amines is 1. The predicted octanol–water partition coefficient (Wildman–Crippen LogP) is 2.61. The molecule has 1 aromatic heterocycles. The van der Waals surface area contributed by atoms with Crippen molar-refractivity contribution in [3.8, 4) is 11.5 Å². The highest BCUT2D eigenvalue weighted by molar-refractivity contribution is 5.98. The number of fused-ring (bicyclic) bond motifs is 3. The molecule has 128 valence electrons. The molecular weight excluding hydrogens is 308 g/mol. The SMILES string of the molecule is CC(C)(C)NC(=O)c1cc2ccc3c(c2[nH]c1=O)OCCCCO3. The molecule has 0 radical (unpaired) electrons. The van der Waals surface area contributed by atoms with Gasteiger partial charge in [0.25, 0.3) is 11.5 Å². The lowest BCUT2D eigenvalue weighted by Gasteiger charge is -2.21. The summed E-state index contributed by atoms with van der Waals surface area (Å²) in [5, 5.41) is 3.54. The number of H-pyrrole nitrogens is 1. The largest absolute Gasteiger partial charge is 0.490 e. The Bertz CT molecular complexity index is 833. The second kappa shape index (κ2) is 6.19. The molecule has 0 fully saturated rings. The minimum Gasteiger partial charge on any atom is -0.490 e. The van der Waals surface area contributed by atoms with Crippen molar-refractivity contribution < 1.29 is 14.3 Å². The summed E-state index contributed by atoms with van der Waals surface area (Å²) in [4.78, 5) is 27.5. The van der Waals surface area contributed by atoms with Crippen LogP contribution in [0.5, 0.6) is 11.5 Å². The van der Waals surface area contributed by atoms with Crippen molar-refractivity contribution in [1.29, 1.82) is 0 Å². The highest BCUT2D eigenvalue weighted by Crippen LogP contribution is 2.35. The summed E-state index contributed by atoms with van der Waals surface area (Å²) in [6.45, 7) is 6.80. The van der Waals surface area contributed by atoms with Crippen LogP contribution in [0.3, 0.4) is 0 Å². The molecule has 3 rings (SSSR count). The predicted molar refractivity (Wildman–Crippen MR) is 92.0 cm³/mol. The molecule has 2 N–H and O–H groups in total. The minimum atomic E-state index is -0.441. The summed E-state index contributed by atoms with van der Waals surface area (Å²) in [6, 6.07) is 5.23. The molecule has 0 atom stereocenters. The van der Waals surface area contributed by atoms with Crippen LogP contribution in [0.2, 0.25) is 0 Å². The van der Waals surface area contributed by atoms with Gasteiger partial charge in [0, 0.05) is 10.9 Å². The number of hydrogen-bond donors (Lipinski definition) is 2. The Morgan fingerprint density at radius 2 is 1.88 bits per heavy atom. The first-order chi connectivity index (χ1) is 11.3. The Kier molecular flexibility index (Phi) is 4.22. The highest BCUT2D eigenvalue weighted by atomic mass is 16.5. The van der Waals surface area contributed by atoms with E-state index < -0.39 is 17.0 Å². The molecule has 6 heteroatoms. The summed E-state index contributed by atoms with van der Waals surface area (Å²) in [6.07, 6.45) is 1.83. The third kappa shape index (κ3) is 3.37. The molecule has 0 unspecified atom stereocenters. The molecule has 0 aliphatic carbocycles. The van der Waals surface area contributed by atoms with Crippen molar-refractivity contribution in [2.75, 3.05) is 13.2 Å². The van der Waals surface area contributed by atoms with E-state index >= 15 is 0 Å². The third-order valence-electron chi connectivity index (χ3n) is 3.71. The van der Waals surface area contributed by atoms with Crippen molar-refractivity contribution >= 4 is 16.8 Å². The second-order valence-electron chi connectivity index (χ2n) is 6.98. The maximum atomic E-state index is 12.4. The maximum absolute atomic E-state index is 12.4. The Balaban J connectivity index is 2.08. The molecule has 1 aliphatic heterocycles. The Labute approximate surface area is 140 Å². The number of pyridine rings is 1. The normalized spacial score (nSPS) is 14.8. The first kappa shape index (κ1) is 16.4.